The lowest BCUT2D eigenvalue weighted by atomic mass is 10.2. The van der Waals surface area contributed by atoms with Crippen molar-refractivity contribution in [3.63, 3.8) is 0 Å². The predicted molar refractivity (Wildman–Crippen MR) is 65.7 cm³/mol. The minimum Gasteiger partial charge on any atom is -0.366 e. The van der Waals surface area contributed by atoms with Gasteiger partial charge >= 0.3 is 0 Å². The van der Waals surface area contributed by atoms with Gasteiger partial charge < -0.3 is 5.32 Å². The number of fused-ring (bicyclic) bond motifs is 1. The zero-order valence-corrected chi connectivity index (χ0v) is 10.1. The van der Waals surface area contributed by atoms with E-state index in [1.807, 2.05) is 23.7 Å². The number of rotatable bonds is 4. The molecule has 2 rings (SSSR count). The Bertz CT molecular complexity index is 475. The Labute approximate surface area is 95.7 Å². The third kappa shape index (κ3) is 2.15. The quantitative estimate of drug-likeness (QED) is 0.857. The van der Waals surface area contributed by atoms with Crippen LogP contribution in [0.25, 0.3) is 5.52 Å². The summed E-state index contributed by atoms with van der Waals surface area (Å²) in [5, 5.41) is 7.79. The highest BCUT2D eigenvalue weighted by Gasteiger charge is 2.07. The molecule has 16 heavy (non-hydrogen) atoms. The molecule has 0 saturated heterocycles. The monoisotopic (exact) mass is 218 g/mol. The summed E-state index contributed by atoms with van der Waals surface area (Å²) in [6, 6.07) is 2.49. The highest BCUT2D eigenvalue weighted by atomic mass is 15.2. The van der Waals surface area contributed by atoms with Gasteiger partial charge in [0.15, 0.2) is 5.82 Å². The van der Waals surface area contributed by atoms with E-state index >= 15 is 0 Å². The molecule has 0 amide bonds. The average Bonchev–Trinajstić information content (AvgIpc) is 2.60. The van der Waals surface area contributed by atoms with Crippen LogP contribution in [0.1, 0.15) is 32.4 Å². The first-order valence-electron chi connectivity index (χ1n) is 5.78. The molecule has 0 aliphatic heterocycles. The van der Waals surface area contributed by atoms with E-state index in [1.165, 1.54) is 6.42 Å². The van der Waals surface area contributed by atoms with Crippen molar-refractivity contribution in [1.82, 2.24) is 14.6 Å². The molecule has 1 N–H and O–H groups in total. The van der Waals surface area contributed by atoms with Gasteiger partial charge in [0.1, 0.15) is 5.52 Å². The Kier molecular flexibility index (Phi) is 3.08. The zero-order valence-electron chi connectivity index (χ0n) is 10.1. The Morgan fingerprint density at radius 3 is 3.06 bits per heavy atom. The SMILES string of the molecule is CCCC(C)Nc1nccn2nc(C)cc12. The molecule has 86 valence electrons. The first kappa shape index (κ1) is 10.9. The van der Waals surface area contributed by atoms with Crippen LogP contribution in [0, 0.1) is 6.92 Å². The van der Waals surface area contributed by atoms with Crippen LogP contribution in [0.15, 0.2) is 18.5 Å². The maximum atomic E-state index is 4.37. The van der Waals surface area contributed by atoms with Crippen molar-refractivity contribution in [2.24, 2.45) is 0 Å². The topological polar surface area (TPSA) is 42.2 Å². The summed E-state index contributed by atoms with van der Waals surface area (Å²) in [5.74, 6) is 0.920. The molecule has 0 bridgehead atoms. The van der Waals surface area contributed by atoms with Gasteiger partial charge in [-0.1, -0.05) is 13.3 Å². The summed E-state index contributed by atoms with van der Waals surface area (Å²) >= 11 is 0. The molecule has 0 aliphatic rings. The van der Waals surface area contributed by atoms with Gasteiger partial charge in [-0.15, -0.1) is 0 Å². The smallest absolute Gasteiger partial charge is 0.152 e. The van der Waals surface area contributed by atoms with Gasteiger partial charge in [0.2, 0.25) is 0 Å². The molecule has 0 saturated carbocycles. The summed E-state index contributed by atoms with van der Waals surface area (Å²) in [6.45, 7) is 6.36. The van der Waals surface area contributed by atoms with Gasteiger partial charge in [-0.2, -0.15) is 5.10 Å². The van der Waals surface area contributed by atoms with E-state index in [2.05, 4.69) is 29.2 Å². The molecule has 2 aromatic rings. The van der Waals surface area contributed by atoms with E-state index in [0.29, 0.717) is 6.04 Å². The fourth-order valence-corrected chi connectivity index (χ4v) is 1.89. The van der Waals surface area contributed by atoms with Gasteiger partial charge in [-0.25, -0.2) is 9.50 Å². The summed E-state index contributed by atoms with van der Waals surface area (Å²) in [5.41, 5.74) is 2.06. The van der Waals surface area contributed by atoms with Crippen molar-refractivity contribution < 1.29 is 0 Å². The standard InChI is InChI=1S/C12H18N4/c1-4-5-9(2)14-12-11-8-10(3)15-16(11)7-6-13-12/h6-9H,4-5H2,1-3H3,(H,13,14). The molecule has 1 atom stereocenters. The van der Waals surface area contributed by atoms with Gasteiger partial charge in [-0.05, 0) is 26.3 Å². The molecule has 2 heterocycles. The number of nitrogens with one attached hydrogen (secondary N) is 1. The first-order valence-corrected chi connectivity index (χ1v) is 5.78. The zero-order chi connectivity index (χ0) is 11.5. The van der Waals surface area contributed by atoms with E-state index in [9.17, 15) is 0 Å². The summed E-state index contributed by atoms with van der Waals surface area (Å²) in [6.07, 6.45) is 5.98. The van der Waals surface area contributed by atoms with E-state index in [0.717, 1.165) is 23.4 Å². The van der Waals surface area contributed by atoms with Gasteiger partial charge in [0.05, 0.1) is 5.69 Å². The Balaban J connectivity index is 2.29. The van der Waals surface area contributed by atoms with Gasteiger partial charge in [-0.3, -0.25) is 0 Å². The molecule has 0 aromatic carbocycles. The lowest BCUT2D eigenvalue weighted by Crippen LogP contribution is -2.16. The molecule has 0 spiro atoms. The van der Waals surface area contributed by atoms with Crippen molar-refractivity contribution in [2.45, 2.75) is 39.7 Å². The summed E-state index contributed by atoms with van der Waals surface area (Å²) in [7, 11) is 0. The Hall–Kier alpha value is -1.58. The highest BCUT2D eigenvalue weighted by Crippen LogP contribution is 2.16. The first-order chi connectivity index (χ1) is 7.70. The van der Waals surface area contributed by atoms with Crippen molar-refractivity contribution in [3.8, 4) is 0 Å². The normalized spacial score (nSPS) is 12.9. The third-order valence-electron chi connectivity index (χ3n) is 2.62. The number of anilines is 1. The van der Waals surface area contributed by atoms with Gasteiger partial charge in [0.25, 0.3) is 0 Å². The number of aromatic nitrogens is 3. The molecule has 1 unspecified atom stereocenters. The molecule has 2 aromatic heterocycles. The van der Waals surface area contributed by atoms with Crippen molar-refractivity contribution >= 4 is 11.3 Å². The maximum absolute atomic E-state index is 4.37. The average molecular weight is 218 g/mol. The predicted octanol–water partition coefficient (Wildman–Crippen LogP) is 2.64. The molecule has 0 fully saturated rings. The van der Waals surface area contributed by atoms with Crippen LogP contribution in [0.5, 0.6) is 0 Å². The molecule has 4 nitrogen and oxygen atoms in total. The van der Waals surface area contributed by atoms with Gasteiger partial charge in [0, 0.05) is 18.4 Å². The Morgan fingerprint density at radius 2 is 2.31 bits per heavy atom. The molecular weight excluding hydrogens is 200 g/mol. The molecule has 0 radical (unpaired) electrons. The van der Waals surface area contributed by atoms with Crippen molar-refractivity contribution in [1.29, 1.82) is 0 Å². The largest absolute Gasteiger partial charge is 0.366 e. The lowest BCUT2D eigenvalue weighted by Gasteiger charge is -2.13. The second-order valence-corrected chi connectivity index (χ2v) is 4.23. The van der Waals surface area contributed by atoms with Crippen LogP contribution in [0.4, 0.5) is 5.82 Å². The van der Waals surface area contributed by atoms with E-state index < -0.39 is 0 Å². The van der Waals surface area contributed by atoms with Crippen molar-refractivity contribution in [2.75, 3.05) is 5.32 Å². The number of hydrogen-bond donors (Lipinski definition) is 1. The fourth-order valence-electron chi connectivity index (χ4n) is 1.89. The highest BCUT2D eigenvalue weighted by molar-refractivity contribution is 5.67. The minimum absolute atomic E-state index is 0.443. The number of aryl methyl sites for hydroxylation is 1. The van der Waals surface area contributed by atoms with E-state index in [1.54, 1.807) is 6.20 Å². The number of hydrogen-bond acceptors (Lipinski definition) is 3. The van der Waals surface area contributed by atoms with Crippen LogP contribution in [-0.4, -0.2) is 20.6 Å². The van der Waals surface area contributed by atoms with Crippen LogP contribution in [0.2, 0.25) is 0 Å². The minimum atomic E-state index is 0.443. The Morgan fingerprint density at radius 1 is 1.50 bits per heavy atom. The van der Waals surface area contributed by atoms with Crippen LogP contribution >= 0.6 is 0 Å². The second-order valence-electron chi connectivity index (χ2n) is 4.23. The second kappa shape index (κ2) is 4.51. The lowest BCUT2D eigenvalue weighted by molar-refractivity contribution is 0.687. The van der Waals surface area contributed by atoms with Crippen LogP contribution in [-0.2, 0) is 0 Å². The summed E-state index contributed by atoms with van der Waals surface area (Å²) in [4.78, 5) is 4.37. The summed E-state index contributed by atoms with van der Waals surface area (Å²) < 4.78 is 1.86. The van der Waals surface area contributed by atoms with E-state index in [4.69, 9.17) is 0 Å². The maximum Gasteiger partial charge on any atom is 0.152 e. The van der Waals surface area contributed by atoms with Crippen molar-refractivity contribution in [3.05, 3.63) is 24.2 Å². The fraction of sp³-hybridized carbons (Fsp3) is 0.500. The van der Waals surface area contributed by atoms with Crippen LogP contribution in [0.3, 0.4) is 0 Å². The molecular formula is C12H18N4. The van der Waals surface area contributed by atoms with Crippen LogP contribution < -0.4 is 5.32 Å². The molecule has 0 aliphatic carbocycles. The number of nitrogens with zero attached hydrogens (tertiary/aromatic N) is 3. The van der Waals surface area contributed by atoms with E-state index in [-0.39, 0.29) is 0 Å². The third-order valence-corrected chi connectivity index (χ3v) is 2.62. The molecule has 4 heteroatoms.